The zero-order valence-corrected chi connectivity index (χ0v) is 10.8. The molecule has 0 aromatic heterocycles. The first kappa shape index (κ1) is 14.6. The summed E-state index contributed by atoms with van der Waals surface area (Å²) in [6.45, 7) is 6.92. The highest BCUT2D eigenvalue weighted by molar-refractivity contribution is 4.96. The molecule has 0 aromatic carbocycles. The van der Waals surface area contributed by atoms with E-state index < -0.39 is 24.3 Å². The standard InChI is InChI=1S/C14H19F4N/c1-19-13-7-4-10(8-12(13)14(16,17)18)9-2-5-11(15)6-3-9/h9-13H,2-8H2. The van der Waals surface area contributed by atoms with Crippen molar-refractivity contribution >= 4 is 0 Å². The Morgan fingerprint density at radius 3 is 2.00 bits per heavy atom. The van der Waals surface area contributed by atoms with Crippen LogP contribution in [0.3, 0.4) is 0 Å². The maximum atomic E-state index is 13.1. The Kier molecular flexibility index (Phi) is 4.37. The van der Waals surface area contributed by atoms with E-state index in [2.05, 4.69) is 4.85 Å². The van der Waals surface area contributed by atoms with Crippen LogP contribution in [0.1, 0.15) is 44.9 Å². The molecule has 2 saturated carbocycles. The fraction of sp³-hybridized carbons (Fsp3) is 0.929. The molecule has 2 aliphatic rings. The quantitative estimate of drug-likeness (QED) is 0.480. The second-order valence-electron chi connectivity index (χ2n) is 5.93. The van der Waals surface area contributed by atoms with E-state index in [1.165, 1.54) is 0 Å². The topological polar surface area (TPSA) is 4.36 Å². The molecule has 5 heteroatoms. The predicted molar refractivity (Wildman–Crippen MR) is 64.1 cm³/mol. The molecule has 0 radical (unpaired) electrons. The molecule has 0 amide bonds. The normalized spacial score (nSPS) is 40.7. The Bertz CT molecular complexity index is 338. The fourth-order valence-corrected chi connectivity index (χ4v) is 3.67. The molecular formula is C14H19F4N. The van der Waals surface area contributed by atoms with E-state index >= 15 is 0 Å². The first-order valence-corrected chi connectivity index (χ1v) is 6.99. The van der Waals surface area contributed by atoms with Crippen LogP contribution in [0.25, 0.3) is 4.85 Å². The van der Waals surface area contributed by atoms with Gasteiger partial charge in [0.25, 0.3) is 0 Å². The highest BCUT2D eigenvalue weighted by Crippen LogP contribution is 2.46. The molecule has 0 spiro atoms. The van der Waals surface area contributed by atoms with Crippen molar-refractivity contribution in [3.8, 4) is 0 Å². The second-order valence-corrected chi connectivity index (χ2v) is 5.93. The van der Waals surface area contributed by atoms with Crippen molar-refractivity contribution < 1.29 is 17.6 Å². The van der Waals surface area contributed by atoms with E-state index in [0.717, 1.165) is 0 Å². The fourth-order valence-electron chi connectivity index (χ4n) is 3.67. The minimum absolute atomic E-state index is 0.0251. The largest absolute Gasteiger partial charge is 0.399 e. The molecular weight excluding hydrogens is 258 g/mol. The van der Waals surface area contributed by atoms with Crippen LogP contribution in [0.5, 0.6) is 0 Å². The highest BCUT2D eigenvalue weighted by atomic mass is 19.4. The van der Waals surface area contributed by atoms with E-state index in [4.69, 9.17) is 6.57 Å². The van der Waals surface area contributed by atoms with Gasteiger partial charge in [-0.15, -0.1) is 0 Å². The Labute approximate surface area is 111 Å². The van der Waals surface area contributed by atoms with Crippen molar-refractivity contribution in [3.63, 3.8) is 0 Å². The molecule has 0 bridgehead atoms. The zero-order valence-electron chi connectivity index (χ0n) is 10.8. The number of rotatable bonds is 1. The van der Waals surface area contributed by atoms with Crippen LogP contribution in [0.2, 0.25) is 0 Å². The van der Waals surface area contributed by atoms with E-state index in [0.29, 0.717) is 38.5 Å². The summed E-state index contributed by atoms with van der Waals surface area (Å²) in [4.78, 5) is 3.16. The molecule has 3 atom stereocenters. The lowest BCUT2D eigenvalue weighted by Crippen LogP contribution is -2.40. The van der Waals surface area contributed by atoms with E-state index in [9.17, 15) is 17.6 Å². The first-order chi connectivity index (χ1) is 8.91. The maximum absolute atomic E-state index is 13.1. The van der Waals surface area contributed by atoms with E-state index in [1.807, 2.05) is 0 Å². The molecule has 0 aliphatic heterocycles. The van der Waals surface area contributed by atoms with Crippen LogP contribution in [0.4, 0.5) is 17.6 Å². The van der Waals surface area contributed by atoms with Gasteiger partial charge in [0.05, 0.1) is 0 Å². The van der Waals surface area contributed by atoms with Crippen molar-refractivity contribution in [1.29, 1.82) is 0 Å². The van der Waals surface area contributed by atoms with E-state index in [1.54, 1.807) is 0 Å². The van der Waals surface area contributed by atoms with Crippen molar-refractivity contribution in [2.75, 3.05) is 0 Å². The third kappa shape index (κ3) is 3.40. The Balaban J connectivity index is 2.00. The summed E-state index contributed by atoms with van der Waals surface area (Å²) >= 11 is 0. The van der Waals surface area contributed by atoms with Gasteiger partial charge >= 0.3 is 6.18 Å². The maximum Gasteiger partial charge on any atom is 0.399 e. The lowest BCUT2D eigenvalue weighted by atomic mass is 9.68. The van der Waals surface area contributed by atoms with Gasteiger partial charge in [-0.25, -0.2) is 11.0 Å². The van der Waals surface area contributed by atoms with Crippen LogP contribution in [0.15, 0.2) is 0 Å². The summed E-state index contributed by atoms with van der Waals surface area (Å²) < 4.78 is 52.0. The van der Waals surface area contributed by atoms with Gasteiger partial charge in [-0.1, -0.05) is 0 Å². The number of hydrogen-bond donors (Lipinski definition) is 0. The Morgan fingerprint density at radius 1 is 0.895 bits per heavy atom. The number of alkyl halides is 4. The van der Waals surface area contributed by atoms with Crippen molar-refractivity contribution in [3.05, 3.63) is 11.4 Å². The Hall–Kier alpha value is -0.790. The van der Waals surface area contributed by atoms with Crippen molar-refractivity contribution in [1.82, 2.24) is 0 Å². The summed E-state index contributed by atoms with van der Waals surface area (Å²) in [7, 11) is 0. The summed E-state index contributed by atoms with van der Waals surface area (Å²) in [5, 5.41) is 0. The first-order valence-electron chi connectivity index (χ1n) is 6.99. The number of hydrogen-bond acceptors (Lipinski definition) is 0. The summed E-state index contributed by atoms with van der Waals surface area (Å²) in [6, 6.07) is -0.909. The monoisotopic (exact) mass is 277 g/mol. The third-order valence-electron chi connectivity index (χ3n) is 4.81. The molecule has 0 saturated heterocycles. The van der Waals surface area contributed by atoms with Crippen LogP contribution in [-0.4, -0.2) is 18.4 Å². The van der Waals surface area contributed by atoms with Crippen molar-refractivity contribution in [2.45, 2.75) is 63.3 Å². The number of nitrogens with zero attached hydrogens (tertiary/aromatic N) is 1. The van der Waals surface area contributed by atoms with Gasteiger partial charge in [0.2, 0.25) is 6.04 Å². The van der Waals surface area contributed by atoms with Gasteiger partial charge in [0.1, 0.15) is 12.1 Å². The molecule has 19 heavy (non-hydrogen) atoms. The van der Waals surface area contributed by atoms with Gasteiger partial charge in [0.15, 0.2) is 0 Å². The van der Waals surface area contributed by atoms with Crippen LogP contribution in [0, 0.1) is 24.3 Å². The lowest BCUT2D eigenvalue weighted by Gasteiger charge is -2.37. The van der Waals surface area contributed by atoms with Gasteiger partial charge in [-0.3, -0.25) is 0 Å². The molecule has 3 unspecified atom stereocenters. The molecule has 2 fully saturated rings. The minimum Gasteiger partial charge on any atom is -0.313 e. The highest BCUT2D eigenvalue weighted by Gasteiger charge is 2.52. The van der Waals surface area contributed by atoms with Crippen LogP contribution >= 0.6 is 0 Å². The molecule has 2 rings (SSSR count). The summed E-state index contributed by atoms with van der Waals surface area (Å²) in [5.41, 5.74) is 0. The van der Waals surface area contributed by atoms with Gasteiger partial charge in [-0.05, 0) is 50.4 Å². The average molecular weight is 277 g/mol. The summed E-state index contributed by atoms with van der Waals surface area (Å²) in [5.74, 6) is -1.23. The molecule has 0 N–H and O–H groups in total. The minimum atomic E-state index is -4.27. The molecule has 0 aromatic rings. The third-order valence-corrected chi connectivity index (χ3v) is 4.81. The van der Waals surface area contributed by atoms with Gasteiger partial charge < -0.3 is 4.85 Å². The SMILES string of the molecule is [C-]#[N+]C1CCC(C2CCC(F)CC2)CC1C(F)(F)F. The van der Waals surface area contributed by atoms with Crippen LogP contribution < -0.4 is 0 Å². The predicted octanol–water partition coefficient (Wildman–Crippen LogP) is 4.78. The second kappa shape index (κ2) is 5.68. The van der Waals surface area contributed by atoms with Crippen molar-refractivity contribution in [2.24, 2.45) is 17.8 Å². The molecule has 2 aliphatic carbocycles. The van der Waals surface area contributed by atoms with Gasteiger partial charge in [-0.2, -0.15) is 13.2 Å². The number of halogens is 4. The molecule has 0 heterocycles. The molecule has 1 nitrogen and oxygen atoms in total. The van der Waals surface area contributed by atoms with Crippen LogP contribution in [-0.2, 0) is 0 Å². The average Bonchev–Trinajstić information content (AvgIpc) is 2.38. The Morgan fingerprint density at radius 2 is 1.47 bits per heavy atom. The van der Waals surface area contributed by atoms with Gasteiger partial charge in [0, 0.05) is 6.42 Å². The zero-order chi connectivity index (χ0) is 14.0. The van der Waals surface area contributed by atoms with E-state index in [-0.39, 0.29) is 18.3 Å². The lowest BCUT2D eigenvalue weighted by molar-refractivity contribution is -0.189. The molecule has 108 valence electrons. The summed E-state index contributed by atoms with van der Waals surface area (Å²) in [6.07, 6.45) is -1.54. The smallest absolute Gasteiger partial charge is 0.313 e.